The van der Waals surface area contributed by atoms with E-state index < -0.39 is 0 Å². The topological polar surface area (TPSA) is 21.3 Å². The Balaban J connectivity index is 2.38. The Morgan fingerprint density at radius 1 is 1.31 bits per heavy atom. The highest BCUT2D eigenvalue weighted by molar-refractivity contribution is 4.93. The lowest BCUT2D eigenvalue weighted by Crippen LogP contribution is -2.37. The lowest BCUT2D eigenvalue weighted by Gasteiger charge is -2.32. The van der Waals surface area contributed by atoms with E-state index in [1.165, 1.54) is 19.3 Å². The molecule has 1 saturated carbocycles. The minimum atomic E-state index is 0.381. The summed E-state index contributed by atoms with van der Waals surface area (Å²) in [7, 11) is 1.82. The maximum atomic E-state index is 5.42. The average Bonchev–Trinajstić information content (AvgIpc) is 3.00. The Kier molecular flexibility index (Phi) is 5.26. The highest BCUT2D eigenvalue weighted by atomic mass is 16.5. The molecule has 2 unspecified atom stereocenters. The maximum absolute atomic E-state index is 5.42. The highest BCUT2D eigenvalue weighted by Gasteiger charge is 2.41. The van der Waals surface area contributed by atoms with Crippen LogP contribution in [0.15, 0.2) is 0 Å². The third-order valence-electron chi connectivity index (χ3n) is 3.80. The van der Waals surface area contributed by atoms with Gasteiger partial charge in [0.25, 0.3) is 0 Å². The third-order valence-corrected chi connectivity index (χ3v) is 3.80. The summed E-state index contributed by atoms with van der Waals surface area (Å²) >= 11 is 0. The molecule has 0 heterocycles. The normalized spacial score (nSPS) is 22.1. The van der Waals surface area contributed by atoms with Gasteiger partial charge in [0.15, 0.2) is 0 Å². The molecule has 1 N–H and O–H groups in total. The zero-order chi connectivity index (χ0) is 12.2. The smallest absolute Gasteiger partial charge is 0.0549 e. The molecule has 0 radical (unpaired) electrons. The monoisotopic (exact) mass is 227 g/mol. The quantitative estimate of drug-likeness (QED) is 0.688. The van der Waals surface area contributed by atoms with Gasteiger partial charge >= 0.3 is 0 Å². The SMILES string of the molecule is COC(C)CC(C)(CNCC(C)C)C1CC1. The van der Waals surface area contributed by atoms with Crippen molar-refractivity contribution in [3.8, 4) is 0 Å². The van der Waals surface area contributed by atoms with Crippen LogP contribution < -0.4 is 5.32 Å². The van der Waals surface area contributed by atoms with Crippen LogP contribution in [0.1, 0.15) is 47.0 Å². The van der Waals surface area contributed by atoms with Crippen molar-refractivity contribution in [3.05, 3.63) is 0 Å². The summed E-state index contributed by atoms with van der Waals surface area (Å²) in [6.07, 6.45) is 4.39. The fraction of sp³-hybridized carbons (Fsp3) is 1.00. The van der Waals surface area contributed by atoms with E-state index in [-0.39, 0.29) is 0 Å². The van der Waals surface area contributed by atoms with E-state index in [9.17, 15) is 0 Å². The maximum Gasteiger partial charge on any atom is 0.0549 e. The van der Waals surface area contributed by atoms with Crippen LogP contribution in [0.4, 0.5) is 0 Å². The Bertz CT molecular complexity index is 201. The molecule has 0 bridgehead atoms. The van der Waals surface area contributed by atoms with Crippen molar-refractivity contribution < 1.29 is 4.74 Å². The van der Waals surface area contributed by atoms with E-state index in [0.29, 0.717) is 11.5 Å². The lowest BCUT2D eigenvalue weighted by molar-refractivity contribution is 0.0606. The number of nitrogens with one attached hydrogen (secondary N) is 1. The van der Waals surface area contributed by atoms with Crippen LogP contribution in [0.25, 0.3) is 0 Å². The van der Waals surface area contributed by atoms with Gasteiger partial charge in [0.2, 0.25) is 0 Å². The van der Waals surface area contributed by atoms with Crippen LogP contribution in [0, 0.1) is 17.3 Å². The molecule has 0 spiro atoms. The standard InChI is InChI=1S/C14H29NO/c1-11(2)9-15-10-14(4,13-6-7-13)8-12(3)16-5/h11-13,15H,6-10H2,1-5H3. The number of hydrogen-bond donors (Lipinski definition) is 1. The molecule has 16 heavy (non-hydrogen) atoms. The first kappa shape index (κ1) is 14.0. The molecule has 1 aliphatic carbocycles. The van der Waals surface area contributed by atoms with E-state index >= 15 is 0 Å². The van der Waals surface area contributed by atoms with Gasteiger partial charge in [-0.1, -0.05) is 20.8 Å². The average molecular weight is 227 g/mol. The summed E-state index contributed by atoms with van der Waals surface area (Å²) in [5.74, 6) is 1.66. The van der Waals surface area contributed by atoms with Crippen molar-refractivity contribution in [2.45, 2.75) is 53.1 Å². The van der Waals surface area contributed by atoms with E-state index in [0.717, 1.165) is 24.9 Å². The molecule has 0 amide bonds. The van der Waals surface area contributed by atoms with Gasteiger partial charge in [-0.25, -0.2) is 0 Å². The van der Waals surface area contributed by atoms with Gasteiger partial charge in [0, 0.05) is 13.7 Å². The first-order valence-corrected chi connectivity index (χ1v) is 6.71. The molecule has 1 fully saturated rings. The lowest BCUT2D eigenvalue weighted by atomic mass is 9.79. The highest BCUT2D eigenvalue weighted by Crippen LogP contribution is 2.48. The van der Waals surface area contributed by atoms with Crippen LogP contribution in [-0.2, 0) is 4.74 Å². The number of hydrogen-bond acceptors (Lipinski definition) is 2. The molecule has 96 valence electrons. The minimum absolute atomic E-state index is 0.381. The molecule has 0 aromatic carbocycles. The second kappa shape index (κ2) is 6.02. The van der Waals surface area contributed by atoms with Gasteiger partial charge in [-0.3, -0.25) is 0 Å². The molecule has 2 atom stereocenters. The van der Waals surface area contributed by atoms with Gasteiger partial charge in [-0.15, -0.1) is 0 Å². The predicted octanol–water partition coefficient (Wildman–Crippen LogP) is 3.07. The second-order valence-corrected chi connectivity index (χ2v) is 6.20. The Morgan fingerprint density at radius 3 is 2.38 bits per heavy atom. The van der Waals surface area contributed by atoms with Crippen LogP contribution in [0.5, 0.6) is 0 Å². The van der Waals surface area contributed by atoms with Gasteiger partial charge in [-0.2, -0.15) is 0 Å². The fourth-order valence-electron chi connectivity index (χ4n) is 2.55. The third kappa shape index (κ3) is 4.42. The van der Waals surface area contributed by atoms with Gasteiger partial charge in [0.05, 0.1) is 6.10 Å². The summed E-state index contributed by atoms with van der Waals surface area (Å²) in [5, 5.41) is 3.62. The van der Waals surface area contributed by atoms with Crippen LogP contribution in [0.3, 0.4) is 0 Å². The van der Waals surface area contributed by atoms with E-state index in [1.54, 1.807) is 0 Å². The van der Waals surface area contributed by atoms with E-state index in [2.05, 4.69) is 33.0 Å². The zero-order valence-corrected chi connectivity index (χ0v) is 11.7. The van der Waals surface area contributed by atoms with Gasteiger partial charge in [-0.05, 0) is 50.0 Å². The molecule has 2 heteroatoms. The predicted molar refractivity (Wildman–Crippen MR) is 69.6 cm³/mol. The van der Waals surface area contributed by atoms with Crippen molar-refractivity contribution in [1.29, 1.82) is 0 Å². The van der Waals surface area contributed by atoms with Crippen LogP contribution in [-0.4, -0.2) is 26.3 Å². The van der Waals surface area contributed by atoms with Crippen molar-refractivity contribution in [2.24, 2.45) is 17.3 Å². The van der Waals surface area contributed by atoms with Crippen molar-refractivity contribution in [2.75, 3.05) is 20.2 Å². The van der Waals surface area contributed by atoms with Crippen LogP contribution in [0.2, 0.25) is 0 Å². The molecular formula is C14H29NO. The largest absolute Gasteiger partial charge is 0.382 e. The number of methoxy groups -OCH3 is 1. The Hall–Kier alpha value is -0.0800. The van der Waals surface area contributed by atoms with E-state index in [4.69, 9.17) is 4.74 Å². The molecule has 2 nitrogen and oxygen atoms in total. The van der Waals surface area contributed by atoms with Crippen molar-refractivity contribution in [3.63, 3.8) is 0 Å². The number of rotatable bonds is 8. The summed E-state index contributed by atoms with van der Waals surface area (Å²) in [6.45, 7) is 11.4. The summed E-state index contributed by atoms with van der Waals surface area (Å²) in [6, 6.07) is 0. The Labute approximate surface area is 101 Å². The molecule has 1 aliphatic rings. The van der Waals surface area contributed by atoms with E-state index in [1.807, 2.05) is 7.11 Å². The molecule has 0 aromatic rings. The fourth-order valence-corrected chi connectivity index (χ4v) is 2.55. The Morgan fingerprint density at radius 2 is 1.94 bits per heavy atom. The molecule has 0 aliphatic heterocycles. The molecule has 0 aromatic heterocycles. The summed E-state index contributed by atoms with van der Waals surface area (Å²) < 4.78 is 5.42. The zero-order valence-electron chi connectivity index (χ0n) is 11.7. The van der Waals surface area contributed by atoms with Crippen molar-refractivity contribution in [1.82, 2.24) is 5.32 Å². The number of ether oxygens (including phenoxy) is 1. The molecule has 1 rings (SSSR count). The minimum Gasteiger partial charge on any atom is -0.382 e. The first-order valence-electron chi connectivity index (χ1n) is 6.71. The summed E-state index contributed by atoms with van der Waals surface area (Å²) in [5.41, 5.74) is 0.435. The first-order chi connectivity index (χ1) is 7.48. The van der Waals surface area contributed by atoms with Gasteiger partial charge < -0.3 is 10.1 Å². The van der Waals surface area contributed by atoms with Crippen molar-refractivity contribution >= 4 is 0 Å². The summed E-state index contributed by atoms with van der Waals surface area (Å²) in [4.78, 5) is 0. The van der Waals surface area contributed by atoms with Crippen LogP contribution >= 0.6 is 0 Å². The second-order valence-electron chi connectivity index (χ2n) is 6.20. The van der Waals surface area contributed by atoms with Gasteiger partial charge in [0.1, 0.15) is 0 Å². The molecular weight excluding hydrogens is 198 g/mol. The molecule has 0 saturated heterocycles.